The van der Waals surface area contributed by atoms with E-state index < -0.39 is 11.5 Å². The maximum Gasteiger partial charge on any atom is 0.329 e. The fraction of sp³-hybridized carbons (Fsp3) is 0.500. The van der Waals surface area contributed by atoms with Gasteiger partial charge in [-0.2, -0.15) is 0 Å². The first-order valence-electron chi connectivity index (χ1n) is 7.18. The summed E-state index contributed by atoms with van der Waals surface area (Å²) >= 11 is 0. The SMILES string of the molecule is CCCC(C)(NC(=O)C1CC1c1ccc(F)cc1)C(=O)O. The lowest BCUT2D eigenvalue weighted by Crippen LogP contribution is -2.52. The quantitative estimate of drug-likeness (QED) is 0.847. The molecule has 2 N–H and O–H groups in total. The summed E-state index contributed by atoms with van der Waals surface area (Å²) in [5.74, 6) is -1.71. The van der Waals surface area contributed by atoms with Crippen molar-refractivity contribution in [3.05, 3.63) is 35.6 Å². The molecule has 1 aromatic carbocycles. The standard InChI is InChI=1S/C16H20FNO3/c1-3-8-16(2,15(20)21)18-14(19)13-9-12(13)10-4-6-11(17)7-5-10/h4-7,12-13H,3,8-9H2,1-2H3,(H,18,19)(H,20,21). The average Bonchev–Trinajstić information content (AvgIpc) is 3.20. The van der Waals surface area contributed by atoms with Crippen molar-refractivity contribution in [1.82, 2.24) is 5.32 Å². The molecule has 1 aliphatic rings. The van der Waals surface area contributed by atoms with Crippen LogP contribution in [0.15, 0.2) is 24.3 Å². The van der Waals surface area contributed by atoms with Gasteiger partial charge >= 0.3 is 5.97 Å². The number of halogens is 1. The van der Waals surface area contributed by atoms with E-state index >= 15 is 0 Å². The number of carboxylic acid groups (broad SMARTS) is 1. The summed E-state index contributed by atoms with van der Waals surface area (Å²) in [6.07, 6.45) is 1.75. The third-order valence-electron chi connectivity index (χ3n) is 4.05. The highest BCUT2D eigenvalue weighted by atomic mass is 19.1. The summed E-state index contributed by atoms with van der Waals surface area (Å²) in [7, 11) is 0. The predicted octanol–water partition coefficient (Wildman–Crippen LogP) is 2.69. The van der Waals surface area contributed by atoms with Gasteiger partial charge in [-0.15, -0.1) is 0 Å². The molecule has 0 saturated heterocycles. The molecular formula is C16H20FNO3. The first kappa shape index (κ1) is 15.5. The first-order valence-corrected chi connectivity index (χ1v) is 7.18. The van der Waals surface area contributed by atoms with E-state index in [9.17, 15) is 19.1 Å². The highest BCUT2D eigenvalue weighted by Crippen LogP contribution is 2.47. The van der Waals surface area contributed by atoms with E-state index in [1.165, 1.54) is 19.1 Å². The van der Waals surface area contributed by atoms with Gasteiger partial charge in [-0.1, -0.05) is 25.5 Å². The molecule has 2 rings (SSSR count). The molecule has 3 unspecified atom stereocenters. The van der Waals surface area contributed by atoms with Crippen LogP contribution in [-0.2, 0) is 9.59 Å². The van der Waals surface area contributed by atoms with Crippen LogP contribution in [0.2, 0.25) is 0 Å². The van der Waals surface area contributed by atoms with E-state index in [1.54, 1.807) is 12.1 Å². The van der Waals surface area contributed by atoms with Crippen molar-refractivity contribution in [3.8, 4) is 0 Å². The second kappa shape index (κ2) is 5.84. The monoisotopic (exact) mass is 293 g/mol. The molecule has 0 radical (unpaired) electrons. The number of nitrogens with one attached hydrogen (secondary N) is 1. The van der Waals surface area contributed by atoms with Crippen molar-refractivity contribution < 1.29 is 19.1 Å². The molecule has 5 heteroatoms. The van der Waals surface area contributed by atoms with E-state index in [0.29, 0.717) is 19.3 Å². The van der Waals surface area contributed by atoms with Gasteiger partial charge in [-0.3, -0.25) is 4.79 Å². The predicted molar refractivity (Wildman–Crippen MR) is 76.3 cm³/mol. The summed E-state index contributed by atoms with van der Waals surface area (Å²) in [5, 5.41) is 11.9. The first-order chi connectivity index (χ1) is 9.87. The molecule has 21 heavy (non-hydrogen) atoms. The molecule has 1 aliphatic carbocycles. The Morgan fingerprint density at radius 3 is 2.52 bits per heavy atom. The number of carbonyl (C=O) groups excluding carboxylic acids is 1. The Bertz CT molecular complexity index is 543. The molecule has 0 aromatic heterocycles. The topological polar surface area (TPSA) is 66.4 Å². The van der Waals surface area contributed by atoms with E-state index in [1.807, 2.05) is 6.92 Å². The number of rotatable bonds is 6. The summed E-state index contributed by atoms with van der Waals surface area (Å²) in [4.78, 5) is 23.5. The van der Waals surface area contributed by atoms with Gasteiger partial charge in [-0.05, 0) is 43.4 Å². The van der Waals surface area contributed by atoms with E-state index in [4.69, 9.17) is 0 Å². The Morgan fingerprint density at radius 2 is 2.00 bits per heavy atom. The van der Waals surface area contributed by atoms with Crippen LogP contribution in [0.3, 0.4) is 0 Å². The van der Waals surface area contributed by atoms with Crippen molar-refractivity contribution in [2.45, 2.75) is 44.6 Å². The molecule has 1 fully saturated rings. The van der Waals surface area contributed by atoms with Crippen LogP contribution >= 0.6 is 0 Å². The normalized spacial score (nSPS) is 23.2. The van der Waals surface area contributed by atoms with Gasteiger partial charge in [0.1, 0.15) is 11.4 Å². The Morgan fingerprint density at radius 1 is 1.38 bits per heavy atom. The molecular weight excluding hydrogens is 273 g/mol. The molecule has 0 bridgehead atoms. The highest BCUT2D eigenvalue weighted by molar-refractivity contribution is 5.89. The number of amides is 1. The van der Waals surface area contributed by atoms with E-state index in [0.717, 1.165) is 5.56 Å². The lowest BCUT2D eigenvalue weighted by molar-refractivity contribution is -0.147. The summed E-state index contributed by atoms with van der Waals surface area (Å²) in [6, 6.07) is 6.10. The van der Waals surface area contributed by atoms with Crippen molar-refractivity contribution in [2.75, 3.05) is 0 Å². The van der Waals surface area contributed by atoms with Crippen LogP contribution in [0.1, 0.15) is 44.6 Å². The Hall–Kier alpha value is -1.91. The smallest absolute Gasteiger partial charge is 0.329 e. The van der Waals surface area contributed by atoms with Crippen molar-refractivity contribution in [1.29, 1.82) is 0 Å². The average molecular weight is 293 g/mol. The molecule has 1 amide bonds. The zero-order valence-corrected chi connectivity index (χ0v) is 12.2. The lowest BCUT2D eigenvalue weighted by Gasteiger charge is -2.25. The number of hydrogen-bond donors (Lipinski definition) is 2. The van der Waals surface area contributed by atoms with Crippen LogP contribution < -0.4 is 5.32 Å². The Balaban J connectivity index is 1.99. The molecule has 3 atom stereocenters. The Labute approximate surface area is 123 Å². The van der Waals surface area contributed by atoms with Gasteiger partial charge in [0.2, 0.25) is 5.91 Å². The molecule has 1 aromatic rings. The molecule has 4 nitrogen and oxygen atoms in total. The largest absolute Gasteiger partial charge is 0.480 e. The fourth-order valence-corrected chi connectivity index (χ4v) is 2.65. The number of carboxylic acids is 1. The minimum absolute atomic E-state index is 0.0604. The second-order valence-electron chi connectivity index (χ2n) is 5.88. The minimum Gasteiger partial charge on any atom is -0.480 e. The van der Waals surface area contributed by atoms with Crippen molar-refractivity contribution >= 4 is 11.9 Å². The molecule has 0 spiro atoms. The number of benzene rings is 1. The van der Waals surface area contributed by atoms with Crippen LogP contribution in [-0.4, -0.2) is 22.5 Å². The van der Waals surface area contributed by atoms with Crippen LogP contribution in [0.4, 0.5) is 4.39 Å². The van der Waals surface area contributed by atoms with Crippen LogP contribution in [0.25, 0.3) is 0 Å². The number of hydrogen-bond acceptors (Lipinski definition) is 2. The lowest BCUT2D eigenvalue weighted by atomic mass is 9.96. The van der Waals surface area contributed by atoms with Gasteiger partial charge in [0.15, 0.2) is 0 Å². The van der Waals surface area contributed by atoms with Crippen LogP contribution in [0.5, 0.6) is 0 Å². The second-order valence-corrected chi connectivity index (χ2v) is 5.88. The molecule has 0 heterocycles. The highest BCUT2D eigenvalue weighted by Gasteiger charge is 2.46. The fourth-order valence-electron chi connectivity index (χ4n) is 2.65. The van der Waals surface area contributed by atoms with Crippen LogP contribution in [0, 0.1) is 11.7 Å². The van der Waals surface area contributed by atoms with Gasteiger partial charge in [0.05, 0.1) is 0 Å². The number of aliphatic carboxylic acids is 1. The zero-order valence-electron chi connectivity index (χ0n) is 12.2. The minimum atomic E-state index is -1.22. The summed E-state index contributed by atoms with van der Waals surface area (Å²) in [6.45, 7) is 3.41. The maximum atomic E-state index is 12.9. The summed E-state index contributed by atoms with van der Waals surface area (Å²) in [5.41, 5.74) is -0.300. The van der Waals surface area contributed by atoms with Gasteiger partial charge < -0.3 is 10.4 Å². The molecule has 114 valence electrons. The summed E-state index contributed by atoms with van der Waals surface area (Å²) < 4.78 is 12.9. The zero-order chi connectivity index (χ0) is 15.6. The number of carbonyl (C=O) groups is 2. The van der Waals surface area contributed by atoms with E-state index in [-0.39, 0.29) is 23.6 Å². The van der Waals surface area contributed by atoms with Crippen molar-refractivity contribution in [2.24, 2.45) is 5.92 Å². The van der Waals surface area contributed by atoms with Gasteiger partial charge in [0.25, 0.3) is 0 Å². The molecule has 0 aliphatic heterocycles. The van der Waals surface area contributed by atoms with Gasteiger partial charge in [0, 0.05) is 5.92 Å². The van der Waals surface area contributed by atoms with E-state index in [2.05, 4.69) is 5.32 Å². The van der Waals surface area contributed by atoms with Crippen molar-refractivity contribution in [3.63, 3.8) is 0 Å². The van der Waals surface area contributed by atoms with Gasteiger partial charge in [-0.25, -0.2) is 9.18 Å². The Kier molecular flexibility index (Phi) is 4.30. The maximum absolute atomic E-state index is 12.9. The molecule has 1 saturated carbocycles. The third-order valence-corrected chi connectivity index (χ3v) is 4.05. The third kappa shape index (κ3) is 3.40.